The highest BCUT2D eigenvalue weighted by Crippen LogP contribution is 2.07. The number of nitrogens with zero attached hydrogens (tertiary/aromatic N) is 5. The molecule has 8 nitrogen and oxygen atoms in total. The number of morpholine rings is 1. The molecule has 2 heterocycles. The maximum atomic E-state index is 5.97. The first kappa shape index (κ1) is 22.2. The summed E-state index contributed by atoms with van der Waals surface area (Å²) in [7, 11) is 1.97. The molecule has 0 saturated carbocycles. The van der Waals surface area contributed by atoms with Crippen molar-refractivity contribution in [1.29, 1.82) is 0 Å². The third kappa shape index (κ3) is 6.81. The fourth-order valence-electron chi connectivity index (χ4n) is 3.49. The van der Waals surface area contributed by atoms with Gasteiger partial charge in [0, 0.05) is 33.2 Å². The number of aromatic nitrogens is 3. The van der Waals surface area contributed by atoms with Gasteiger partial charge in [0.25, 0.3) is 0 Å². The Morgan fingerprint density at radius 3 is 2.73 bits per heavy atom. The molecule has 1 aliphatic heterocycles. The minimum atomic E-state index is 0.151. The molecule has 30 heavy (non-hydrogen) atoms. The van der Waals surface area contributed by atoms with Gasteiger partial charge in [-0.2, -0.15) is 0 Å². The molecule has 2 aromatic rings. The van der Waals surface area contributed by atoms with E-state index >= 15 is 0 Å². The predicted molar refractivity (Wildman–Crippen MR) is 119 cm³/mol. The summed E-state index contributed by atoms with van der Waals surface area (Å²) in [5.41, 5.74) is 1.17. The van der Waals surface area contributed by atoms with Crippen molar-refractivity contribution < 1.29 is 4.74 Å². The van der Waals surface area contributed by atoms with Gasteiger partial charge in [-0.3, -0.25) is 4.90 Å². The summed E-state index contributed by atoms with van der Waals surface area (Å²) in [6, 6.07) is 10.3. The van der Waals surface area contributed by atoms with Crippen LogP contribution in [-0.2, 0) is 24.9 Å². The SMILES string of the molecule is Cc1nnc(CNC(=NCc2ccccc2)NCC2CN(CC(C)C)CCO2)n1C. The summed E-state index contributed by atoms with van der Waals surface area (Å²) in [5.74, 6) is 3.18. The zero-order chi connectivity index (χ0) is 21.3. The molecule has 0 aliphatic carbocycles. The fourth-order valence-corrected chi connectivity index (χ4v) is 3.49. The number of nitrogens with one attached hydrogen (secondary N) is 2. The van der Waals surface area contributed by atoms with E-state index in [2.05, 4.69) is 51.7 Å². The molecule has 164 valence electrons. The second kappa shape index (κ2) is 11.1. The average Bonchev–Trinajstić information content (AvgIpc) is 3.06. The van der Waals surface area contributed by atoms with E-state index in [1.807, 2.05) is 36.7 Å². The first-order valence-corrected chi connectivity index (χ1v) is 10.8. The lowest BCUT2D eigenvalue weighted by molar-refractivity contribution is -0.0284. The molecule has 1 saturated heterocycles. The normalized spacial score (nSPS) is 18.0. The highest BCUT2D eigenvalue weighted by Gasteiger charge is 2.21. The molecule has 2 N–H and O–H groups in total. The van der Waals surface area contributed by atoms with Crippen LogP contribution in [0.2, 0.25) is 0 Å². The fraction of sp³-hybridized carbons (Fsp3) is 0.591. The van der Waals surface area contributed by atoms with Gasteiger partial charge in [0.1, 0.15) is 5.82 Å². The van der Waals surface area contributed by atoms with Crippen LogP contribution in [0.1, 0.15) is 31.1 Å². The first-order valence-electron chi connectivity index (χ1n) is 10.8. The largest absolute Gasteiger partial charge is 0.374 e. The van der Waals surface area contributed by atoms with Crippen molar-refractivity contribution in [2.24, 2.45) is 18.0 Å². The van der Waals surface area contributed by atoms with E-state index in [0.29, 0.717) is 25.6 Å². The Hall–Kier alpha value is -2.45. The average molecular weight is 414 g/mol. The number of aliphatic imine (C=N–C) groups is 1. The van der Waals surface area contributed by atoms with Crippen molar-refractivity contribution in [3.05, 3.63) is 47.5 Å². The number of guanidine groups is 1. The number of rotatable bonds is 8. The minimum absolute atomic E-state index is 0.151. The van der Waals surface area contributed by atoms with Crippen molar-refractivity contribution in [2.75, 3.05) is 32.8 Å². The third-order valence-electron chi connectivity index (χ3n) is 5.20. The van der Waals surface area contributed by atoms with Gasteiger partial charge in [-0.15, -0.1) is 10.2 Å². The first-order chi connectivity index (χ1) is 14.5. The lowest BCUT2D eigenvalue weighted by Gasteiger charge is -2.34. The summed E-state index contributed by atoms with van der Waals surface area (Å²) in [6.07, 6.45) is 0.151. The Morgan fingerprint density at radius 2 is 2.03 bits per heavy atom. The zero-order valence-corrected chi connectivity index (χ0v) is 18.6. The van der Waals surface area contributed by atoms with Crippen LogP contribution in [0.4, 0.5) is 0 Å². The number of aryl methyl sites for hydroxylation is 1. The minimum Gasteiger partial charge on any atom is -0.374 e. The Labute approximate surface area is 179 Å². The predicted octanol–water partition coefficient (Wildman–Crippen LogP) is 1.72. The van der Waals surface area contributed by atoms with Gasteiger partial charge in [0.05, 0.1) is 25.8 Å². The molecule has 1 fully saturated rings. The molecule has 1 aromatic heterocycles. The van der Waals surface area contributed by atoms with E-state index in [-0.39, 0.29) is 6.10 Å². The number of benzene rings is 1. The molecule has 0 spiro atoms. The molecule has 1 unspecified atom stereocenters. The molecule has 0 radical (unpaired) electrons. The number of ether oxygens (including phenoxy) is 1. The summed E-state index contributed by atoms with van der Waals surface area (Å²) in [4.78, 5) is 7.25. The van der Waals surface area contributed by atoms with Crippen LogP contribution in [0.25, 0.3) is 0 Å². The molecular formula is C22H35N7O. The van der Waals surface area contributed by atoms with E-state index in [0.717, 1.165) is 43.8 Å². The lowest BCUT2D eigenvalue weighted by atomic mass is 10.2. The van der Waals surface area contributed by atoms with E-state index < -0.39 is 0 Å². The van der Waals surface area contributed by atoms with E-state index in [1.54, 1.807) is 0 Å². The van der Waals surface area contributed by atoms with Crippen LogP contribution >= 0.6 is 0 Å². The molecule has 0 bridgehead atoms. The highest BCUT2D eigenvalue weighted by molar-refractivity contribution is 5.79. The molecule has 1 aliphatic rings. The number of hydrogen-bond acceptors (Lipinski definition) is 5. The van der Waals surface area contributed by atoms with Gasteiger partial charge < -0.3 is 19.9 Å². The van der Waals surface area contributed by atoms with Gasteiger partial charge in [-0.25, -0.2) is 4.99 Å². The van der Waals surface area contributed by atoms with Crippen molar-refractivity contribution in [3.63, 3.8) is 0 Å². The van der Waals surface area contributed by atoms with Crippen molar-refractivity contribution in [2.45, 2.75) is 40.0 Å². The van der Waals surface area contributed by atoms with Gasteiger partial charge in [-0.05, 0) is 18.4 Å². The van der Waals surface area contributed by atoms with Gasteiger partial charge in [0.15, 0.2) is 11.8 Å². The molecular weight excluding hydrogens is 378 g/mol. The van der Waals surface area contributed by atoms with Gasteiger partial charge in [0.2, 0.25) is 0 Å². The third-order valence-corrected chi connectivity index (χ3v) is 5.20. The van der Waals surface area contributed by atoms with Gasteiger partial charge >= 0.3 is 0 Å². The molecule has 0 amide bonds. The Kier molecular flexibility index (Phi) is 8.21. The van der Waals surface area contributed by atoms with Crippen LogP contribution in [0.3, 0.4) is 0 Å². The molecule has 8 heteroatoms. The van der Waals surface area contributed by atoms with E-state index in [9.17, 15) is 0 Å². The summed E-state index contributed by atoms with van der Waals surface area (Å²) in [6.45, 7) is 12.2. The van der Waals surface area contributed by atoms with Crippen molar-refractivity contribution >= 4 is 5.96 Å². The van der Waals surface area contributed by atoms with Crippen LogP contribution in [0, 0.1) is 12.8 Å². The van der Waals surface area contributed by atoms with Crippen LogP contribution in [-0.4, -0.2) is 64.5 Å². The maximum absolute atomic E-state index is 5.97. The smallest absolute Gasteiger partial charge is 0.192 e. The Balaban J connectivity index is 1.59. The highest BCUT2D eigenvalue weighted by atomic mass is 16.5. The van der Waals surface area contributed by atoms with Crippen molar-refractivity contribution in [1.82, 2.24) is 30.3 Å². The van der Waals surface area contributed by atoms with E-state index in [1.165, 1.54) is 5.56 Å². The zero-order valence-electron chi connectivity index (χ0n) is 18.6. The monoisotopic (exact) mass is 413 g/mol. The topological polar surface area (TPSA) is 79.6 Å². The quantitative estimate of drug-likeness (QED) is 0.507. The summed E-state index contributed by atoms with van der Waals surface area (Å²) in [5, 5.41) is 15.2. The van der Waals surface area contributed by atoms with Crippen LogP contribution in [0.15, 0.2) is 35.3 Å². The second-order valence-electron chi connectivity index (χ2n) is 8.25. The molecule has 1 atom stereocenters. The standard InChI is InChI=1S/C22H35N7O/c1-17(2)15-29-10-11-30-20(16-29)13-24-22(23-12-19-8-6-5-7-9-19)25-14-21-27-26-18(3)28(21)4/h5-9,17,20H,10-16H2,1-4H3,(H2,23,24,25). The van der Waals surface area contributed by atoms with E-state index in [4.69, 9.17) is 9.73 Å². The molecule has 1 aromatic carbocycles. The summed E-state index contributed by atoms with van der Waals surface area (Å²) >= 11 is 0. The van der Waals surface area contributed by atoms with Gasteiger partial charge in [-0.1, -0.05) is 44.2 Å². The Morgan fingerprint density at radius 1 is 1.23 bits per heavy atom. The number of hydrogen-bond donors (Lipinski definition) is 2. The second-order valence-corrected chi connectivity index (χ2v) is 8.25. The van der Waals surface area contributed by atoms with Crippen LogP contribution in [0.5, 0.6) is 0 Å². The maximum Gasteiger partial charge on any atom is 0.192 e. The summed E-state index contributed by atoms with van der Waals surface area (Å²) < 4.78 is 7.96. The van der Waals surface area contributed by atoms with Crippen LogP contribution < -0.4 is 10.6 Å². The Bertz CT molecular complexity index is 803. The van der Waals surface area contributed by atoms with Crippen molar-refractivity contribution in [3.8, 4) is 0 Å². The lowest BCUT2D eigenvalue weighted by Crippen LogP contribution is -2.50. The molecule has 3 rings (SSSR count).